The molecule has 0 aliphatic heterocycles. The molecule has 4 nitrogen and oxygen atoms in total. The normalized spacial score (nSPS) is 11.8. The molecule has 29 heavy (non-hydrogen) atoms. The molecule has 0 aliphatic carbocycles. The maximum absolute atomic E-state index is 13.3. The molecular weight excluding hydrogens is 363 g/mol. The van der Waals surface area contributed by atoms with Gasteiger partial charge in [0, 0.05) is 17.1 Å². The second kappa shape index (κ2) is 7.06. The Balaban J connectivity index is 1.79. The van der Waals surface area contributed by atoms with Gasteiger partial charge in [0.25, 0.3) is 0 Å². The number of aromatic nitrogens is 3. The van der Waals surface area contributed by atoms with E-state index >= 15 is 0 Å². The highest BCUT2D eigenvalue weighted by Gasteiger charge is 2.13. The number of fused-ring (bicyclic) bond motifs is 1. The molecule has 0 saturated carbocycles. The minimum atomic E-state index is -0.265. The minimum absolute atomic E-state index is 0.265. The van der Waals surface area contributed by atoms with Crippen LogP contribution in [0.4, 0.5) is 4.39 Å². The molecule has 2 heterocycles. The predicted molar refractivity (Wildman–Crippen MR) is 114 cm³/mol. The average Bonchev–Trinajstić information content (AvgIpc) is 3.21. The van der Waals surface area contributed by atoms with Crippen molar-refractivity contribution in [3.63, 3.8) is 0 Å². The minimum Gasteiger partial charge on any atom is -0.337 e. The van der Waals surface area contributed by atoms with Gasteiger partial charge in [0.15, 0.2) is 0 Å². The lowest BCUT2D eigenvalue weighted by Gasteiger charge is -2.09. The first kappa shape index (κ1) is 18.7. The van der Waals surface area contributed by atoms with E-state index in [0.29, 0.717) is 11.4 Å². The number of nitrogens with one attached hydrogen (secondary N) is 1. The highest BCUT2D eigenvalue weighted by Crippen LogP contribution is 2.26. The number of halogens is 1. The van der Waals surface area contributed by atoms with Gasteiger partial charge in [0.1, 0.15) is 17.7 Å². The third-order valence-electron chi connectivity index (χ3n) is 5.33. The molecule has 144 valence electrons. The van der Waals surface area contributed by atoms with Crippen molar-refractivity contribution in [1.82, 2.24) is 14.5 Å². The standard InChI is InChI=1S/C24H21FN4/c1-14-9-22-23(10-15(14)2)28-24(27-22)19(13-26)12-18-11-16(3)29(17(18)4)21-7-5-20(25)6-8-21/h5-12H,1-4H3,(H,27,28)/b19-12-. The number of nitrogens with zero attached hydrogens (tertiary/aromatic N) is 3. The van der Waals surface area contributed by atoms with E-state index in [1.807, 2.05) is 36.6 Å². The molecular formula is C24H21FN4. The Morgan fingerprint density at radius 1 is 1.07 bits per heavy atom. The summed E-state index contributed by atoms with van der Waals surface area (Å²) >= 11 is 0. The van der Waals surface area contributed by atoms with Crippen molar-refractivity contribution in [1.29, 1.82) is 5.26 Å². The first-order valence-corrected chi connectivity index (χ1v) is 9.41. The van der Waals surface area contributed by atoms with Crippen LogP contribution in [0.5, 0.6) is 0 Å². The van der Waals surface area contributed by atoms with E-state index in [2.05, 4.69) is 36.0 Å². The maximum Gasteiger partial charge on any atom is 0.149 e. The highest BCUT2D eigenvalue weighted by molar-refractivity contribution is 5.91. The average molecular weight is 384 g/mol. The van der Waals surface area contributed by atoms with Crippen LogP contribution in [0.25, 0.3) is 28.4 Å². The smallest absolute Gasteiger partial charge is 0.149 e. The fourth-order valence-corrected chi connectivity index (χ4v) is 3.63. The number of hydrogen-bond donors (Lipinski definition) is 1. The topological polar surface area (TPSA) is 57.4 Å². The Bertz CT molecular complexity index is 1260. The Labute approximate surface area is 168 Å². The fraction of sp³-hybridized carbons (Fsp3) is 0.167. The lowest BCUT2D eigenvalue weighted by Crippen LogP contribution is -1.99. The second-order valence-corrected chi connectivity index (χ2v) is 7.35. The number of H-pyrrole nitrogens is 1. The maximum atomic E-state index is 13.3. The van der Waals surface area contributed by atoms with E-state index in [4.69, 9.17) is 0 Å². The monoisotopic (exact) mass is 384 g/mol. The molecule has 4 aromatic rings. The Morgan fingerprint density at radius 2 is 1.76 bits per heavy atom. The van der Waals surface area contributed by atoms with Crippen molar-refractivity contribution in [2.24, 2.45) is 0 Å². The summed E-state index contributed by atoms with van der Waals surface area (Å²) in [5.74, 6) is 0.289. The summed E-state index contributed by atoms with van der Waals surface area (Å²) in [6, 6.07) is 14.8. The van der Waals surface area contributed by atoms with E-state index in [9.17, 15) is 9.65 Å². The van der Waals surface area contributed by atoms with Gasteiger partial charge in [-0.05, 0) is 92.9 Å². The van der Waals surface area contributed by atoms with Crippen LogP contribution in [0, 0.1) is 44.8 Å². The Hall–Kier alpha value is -3.65. The van der Waals surface area contributed by atoms with Crippen LogP contribution < -0.4 is 0 Å². The summed E-state index contributed by atoms with van der Waals surface area (Å²) < 4.78 is 15.3. The summed E-state index contributed by atoms with van der Waals surface area (Å²) in [6.45, 7) is 8.09. The van der Waals surface area contributed by atoms with Crippen LogP contribution in [0.2, 0.25) is 0 Å². The van der Waals surface area contributed by atoms with Gasteiger partial charge in [-0.3, -0.25) is 0 Å². The predicted octanol–water partition coefficient (Wildman–Crippen LogP) is 5.79. The summed E-state index contributed by atoms with van der Waals surface area (Å²) in [4.78, 5) is 7.88. The van der Waals surface area contributed by atoms with Crippen molar-refractivity contribution in [3.8, 4) is 11.8 Å². The summed E-state index contributed by atoms with van der Waals surface area (Å²) in [7, 11) is 0. The van der Waals surface area contributed by atoms with Gasteiger partial charge in [-0.15, -0.1) is 0 Å². The molecule has 4 rings (SSSR count). The lowest BCUT2D eigenvalue weighted by molar-refractivity contribution is 0.627. The van der Waals surface area contributed by atoms with Crippen molar-refractivity contribution in [2.75, 3.05) is 0 Å². The molecule has 0 saturated heterocycles. The van der Waals surface area contributed by atoms with Crippen molar-refractivity contribution >= 4 is 22.7 Å². The van der Waals surface area contributed by atoms with E-state index < -0.39 is 0 Å². The zero-order valence-corrected chi connectivity index (χ0v) is 16.8. The highest BCUT2D eigenvalue weighted by atomic mass is 19.1. The summed E-state index contributed by atoms with van der Waals surface area (Å²) in [5, 5.41) is 9.76. The van der Waals surface area contributed by atoms with Crippen LogP contribution in [-0.4, -0.2) is 14.5 Å². The van der Waals surface area contributed by atoms with Gasteiger partial charge < -0.3 is 9.55 Å². The number of rotatable bonds is 3. The molecule has 0 amide bonds. The van der Waals surface area contributed by atoms with Crippen molar-refractivity contribution < 1.29 is 4.39 Å². The first-order valence-electron chi connectivity index (χ1n) is 9.41. The molecule has 1 N–H and O–H groups in total. The number of aromatic amines is 1. The largest absolute Gasteiger partial charge is 0.337 e. The van der Waals surface area contributed by atoms with E-state index in [0.717, 1.165) is 33.7 Å². The van der Waals surface area contributed by atoms with Crippen molar-refractivity contribution in [2.45, 2.75) is 27.7 Å². The Morgan fingerprint density at radius 3 is 2.45 bits per heavy atom. The molecule has 5 heteroatoms. The molecule has 0 aliphatic rings. The number of hydrogen-bond acceptors (Lipinski definition) is 2. The number of nitriles is 1. The van der Waals surface area contributed by atoms with E-state index in [1.165, 1.54) is 23.3 Å². The Kier molecular flexibility index (Phi) is 4.56. The van der Waals surface area contributed by atoms with E-state index in [-0.39, 0.29) is 5.82 Å². The van der Waals surface area contributed by atoms with Gasteiger partial charge in [0.2, 0.25) is 0 Å². The fourth-order valence-electron chi connectivity index (χ4n) is 3.63. The number of allylic oxidation sites excluding steroid dienone is 1. The van der Waals surface area contributed by atoms with E-state index in [1.54, 1.807) is 12.1 Å². The number of benzene rings is 2. The molecule has 0 radical (unpaired) electrons. The summed E-state index contributed by atoms with van der Waals surface area (Å²) in [5.41, 5.74) is 8.38. The quantitative estimate of drug-likeness (QED) is 0.455. The number of imidazole rings is 1. The SMILES string of the molecule is Cc1cc2nc(/C(C#N)=C\c3cc(C)n(-c4ccc(F)cc4)c3C)[nH]c2cc1C. The van der Waals surface area contributed by atoms with Gasteiger partial charge in [-0.25, -0.2) is 9.37 Å². The second-order valence-electron chi connectivity index (χ2n) is 7.35. The van der Waals surface area contributed by atoms with Gasteiger partial charge in [0.05, 0.1) is 16.6 Å². The molecule has 0 spiro atoms. The van der Waals surface area contributed by atoms with Crippen LogP contribution in [0.15, 0.2) is 42.5 Å². The van der Waals surface area contributed by atoms with Crippen LogP contribution in [0.3, 0.4) is 0 Å². The molecule has 0 unspecified atom stereocenters. The van der Waals surface area contributed by atoms with Gasteiger partial charge >= 0.3 is 0 Å². The molecule has 0 atom stereocenters. The lowest BCUT2D eigenvalue weighted by atomic mass is 10.1. The van der Waals surface area contributed by atoms with Crippen LogP contribution >= 0.6 is 0 Å². The molecule has 0 bridgehead atoms. The van der Waals surface area contributed by atoms with Gasteiger partial charge in [-0.2, -0.15) is 5.26 Å². The third-order valence-corrected chi connectivity index (χ3v) is 5.33. The zero-order chi connectivity index (χ0) is 20.7. The first-order chi connectivity index (χ1) is 13.9. The third kappa shape index (κ3) is 3.34. The van der Waals surface area contributed by atoms with Crippen molar-refractivity contribution in [3.05, 3.63) is 82.2 Å². The molecule has 0 fully saturated rings. The zero-order valence-electron chi connectivity index (χ0n) is 16.8. The summed E-state index contributed by atoms with van der Waals surface area (Å²) in [6.07, 6.45) is 1.85. The van der Waals surface area contributed by atoms with Crippen LogP contribution in [-0.2, 0) is 0 Å². The number of aryl methyl sites for hydroxylation is 3. The molecule has 2 aromatic heterocycles. The molecule has 2 aromatic carbocycles. The van der Waals surface area contributed by atoms with Crippen LogP contribution in [0.1, 0.15) is 33.9 Å². The van der Waals surface area contributed by atoms with Gasteiger partial charge in [-0.1, -0.05) is 0 Å².